The summed E-state index contributed by atoms with van der Waals surface area (Å²) in [6.07, 6.45) is 1.84. The smallest absolute Gasteiger partial charge is 0.325 e. The van der Waals surface area contributed by atoms with Crippen molar-refractivity contribution < 1.29 is 9.90 Å². The first-order valence-corrected chi connectivity index (χ1v) is 18.9. The molecule has 1 saturated heterocycles. The van der Waals surface area contributed by atoms with E-state index >= 15 is 0 Å². The van der Waals surface area contributed by atoms with Gasteiger partial charge in [-0.2, -0.15) is 0 Å². The van der Waals surface area contributed by atoms with E-state index in [0.717, 1.165) is 70.2 Å². The zero-order chi connectivity index (χ0) is 34.8. The highest BCUT2D eigenvalue weighted by Crippen LogP contribution is 2.57. The first kappa shape index (κ1) is 33.2. The average Bonchev–Trinajstić information content (AvgIpc) is 3.76. The van der Waals surface area contributed by atoms with E-state index < -0.39 is 6.03 Å². The van der Waals surface area contributed by atoms with Gasteiger partial charge in [0.1, 0.15) is 26.3 Å². The van der Waals surface area contributed by atoms with Crippen LogP contribution in [-0.2, 0) is 5.41 Å². The summed E-state index contributed by atoms with van der Waals surface area (Å²) < 4.78 is 1.06. The number of rotatable bonds is 5. The van der Waals surface area contributed by atoms with Crippen LogP contribution in [0.2, 0.25) is 10.2 Å². The Labute approximate surface area is 307 Å². The van der Waals surface area contributed by atoms with Crippen molar-refractivity contribution in [1.82, 2.24) is 19.9 Å². The van der Waals surface area contributed by atoms with Crippen molar-refractivity contribution in [3.05, 3.63) is 82.5 Å². The fourth-order valence-corrected chi connectivity index (χ4v) is 9.56. The number of aromatic nitrogens is 3. The molecule has 3 aromatic carbocycles. The minimum absolute atomic E-state index is 0.190. The number of fused-ring (bicyclic) bond motifs is 4. The molecule has 0 radical (unpaired) electrons. The maximum absolute atomic E-state index is 13.4. The summed E-state index contributed by atoms with van der Waals surface area (Å²) in [6, 6.07) is 20.3. The average molecular weight is 745 g/mol. The maximum Gasteiger partial charge on any atom is 0.325 e. The van der Waals surface area contributed by atoms with Gasteiger partial charge in [-0.25, -0.2) is 19.7 Å². The predicted molar refractivity (Wildman–Crippen MR) is 207 cm³/mol. The molecule has 0 bridgehead atoms. The summed E-state index contributed by atoms with van der Waals surface area (Å²) in [5, 5.41) is 19.9. The van der Waals surface area contributed by atoms with Gasteiger partial charge < -0.3 is 20.2 Å². The predicted octanol–water partition coefficient (Wildman–Crippen LogP) is 10.2. The summed E-state index contributed by atoms with van der Waals surface area (Å²) in [7, 11) is 0. The van der Waals surface area contributed by atoms with Crippen LogP contribution in [-0.4, -0.2) is 57.2 Å². The number of benzene rings is 3. The number of aromatic hydroxyl groups is 1. The van der Waals surface area contributed by atoms with Crippen LogP contribution in [0.1, 0.15) is 39.2 Å². The monoisotopic (exact) mass is 743 g/mol. The van der Waals surface area contributed by atoms with Crippen LogP contribution in [0.25, 0.3) is 31.1 Å². The number of amides is 2. The molecule has 0 saturated carbocycles. The molecule has 9 nitrogen and oxygen atoms in total. The topological polar surface area (TPSA) is 107 Å². The number of likely N-dealkylation sites (tertiary alicyclic amines) is 1. The number of hydrogen-bond acceptors (Lipinski definition) is 9. The molecule has 3 N–H and O–H groups in total. The number of halogens is 2. The van der Waals surface area contributed by atoms with E-state index in [0.29, 0.717) is 37.9 Å². The molecule has 2 aliphatic rings. The number of hydrogen-bond donors (Lipinski definition) is 3. The molecule has 6 aromatic rings. The van der Waals surface area contributed by atoms with Crippen molar-refractivity contribution in [3.8, 4) is 16.3 Å². The maximum atomic E-state index is 13.4. The van der Waals surface area contributed by atoms with E-state index in [1.807, 2.05) is 48.5 Å². The summed E-state index contributed by atoms with van der Waals surface area (Å²) in [6.45, 7) is 10.4. The molecule has 0 atom stereocenters. The van der Waals surface area contributed by atoms with Gasteiger partial charge in [0, 0.05) is 29.1 Å². The van der Waals surface area contributed by atoms with Gasteiger partial charge in [0.2, 0.25) is 0 Å². The van der Waals surface area contributed by atoms with Crippen molar-refractivity contribution in [2.24, 2.45) is 5.41 Å². The Morgan fingerprint density at radius 3 is 2.54 bits per heavy atom. The Balaban J connectivity index is 1.18. The molecular formula is C37H35Cl2N7O2S2. The van der Waals surface area contributed by atoms with Gasteiger partial charge in [0.25, 0.3) is 0 Å². The molecule has 5 heterocycles. The molecule has 1 fully saturated rings. The molecule has 8 rings (SSSR count). The van der Waals surface area contributed by atoms with E-state index in [2.05, 4.69) is 51.2 Å². The van der Waals surface area contributed by atoms with Crippen LogP contribution in [0.4, 0.5) is 27.0 Å². The summed E-state index contributed by atoms with van der Waals surface area (Å²) in [5.41, 5.74) is 5.74. The standard InChI is InChI=1S/C37H35Cl2N7O2S2/c1-36(2,3)19-45-16-14-37(15-17-45)20-46(31-27(47)11-9-22(30(31)37)32-40-25-18-21(38)8-12-28(25)49-32)26-7-5-4-6-23(26)41-34(48)44-35-42-24-10-13-29(39)43-33(24)50-35/h4-13,18,47H,14-17,19-20H2,1-3H3,(H2,41,42,44,48). The fourth-order valence-electron chi connectivity index (χ4n) is 7.38. The van der Waals surface area contributed by atoms with Gasteiger partial charge in [0.05, 0.1) is 27.3 Å². The molecular weight excluding hydrogens is 709 g/mol. The number of thiazole rings is 2. The van der Waals surface area contributed by atoms with Gasteiger partial charge in [-0.15, -0.1) is 11.3 Å². The number of phenols is 1. The minimum Gasteiger partial charge on any atom is -0.506 e. The molecule has 0 aliphatic carbocycles. The van der Waals surface area contributed by atoms with Crippen LogP contribution >= 0.6 is 45.9 Å². The third-order valence-corrected chi connectivity index (χ3v) is 11.8. The fraction of sp³-hybridized carbons (Fsp3) is 0.297. The second kappa shape index (κ2) is 12.6. The number of anilines is 4. The Morgan fingerprint density at radius 2 is 1.74 bits per heavy atom. The lowest BCUT2D eigenvalue weighted by Gasteiger charge is -2.42. The minimum atomic E-state index is -0.432. The highest BCUT2D eigenvalue weighted by Gasteiger charge is 2.49. The number of carbonyl (C=O) groups is 1. The summed E-state index contributed by atoms with van der Waals surface area (Å²) in [4.78, 5) is 32.6. The number of pyridine rings is 1. The third kappa shape index (κ3) is 6.26. The molecule has 256 valence electrons. The number of carbonyl (C=O) groups excluding carboxylic acids is 1. The van der Waals surface area contributed by atoms with Gasteiger partial charge in [0.15, 0.2) is 5.13 Å². The molecule has 0 unspecified atom stereocenters. The molecule has 3 aromatic heterocycles. The van der Waals surface area contributed by atoms with E-state index in [1.165, 1.54) is 11.3 Å². The molecule has 1 spiro atoms. The van der Waals surface area contributed by atoms with Crippen molar-refractivity contribution in [2.45, 2.75) is 39.0 Å². The van der Waals surface area contributed by atoms with Crippen LogP contribution in [0.3, 0.4) is 0 Å². The zero-order valence-electron chi connectivity index (χ0n) is 27.8. The largest absolute Gasteiger partial charge is 0.506 e. The van der Waals surface area contributed by atoms with Gasteiger partial charge in [-0.1, -0.05) is 67.4 Å². The normalized spacial score (nSPS) is 16.0. The SMILES string of the molecule is CC(C)(C)CN1CCC2(CC1)CN(c1ccccc1NC(=O)Nc1nc3ccc(Cl)nc3s1)c1c(O)ccc(-c3nc4cc(Cl)ccc4s3)c12. The number of urea groups is 1. The summed E-state index contributed by atoms with van der Waals surface area (Å²) in [5.74, 6) is 0.196. The van der Waals surface area contributed by atoms with Crippen molar-refractivity contribution >= 4 is 94.7 Å². The Morgan fingerprint density at radius 1 is 0.940 bits per heavy atom. The lowest BCUT2D eigenvalue weighted by atomic mass is 9.72. The molecule has 2 aliphatic heterocycles. The van der Waals surface area contributed by atoms with Crippen molar-refractivity contribution in [1.29, 1.82) is 0 Å². The Hall–Kier alpha value is -4.00. The number of nitrogens with zero attached hydrogens (tertiary/aromatic N) is 5. The molecule has 2 amide bonds. The quantitative estimate of drug-likeness (QED) is 0.151. The van der Waals surface area contributed by atoms with E-state index in [1.54, 1.807) is 29.5 Å². The number of piperidine rings is 1. The van der Waals surface area contributed by atoms with Crippen LogP contribution < -0.4 is 15.5 Å². The Kier molecular flexibility index (Phi) is 8.39. The molecule has 50 heavy (non-hydrogen) atoms. The lowest BCUT2D eigenvalue weighted by Crippen LogP contribution is -2.47. The van der Waals surface area contributed by atoms with E-state index in [4.69, 9.17) is 28.2 Å². The van der Waals surface area contributed by atoms with Crippen LogP contribution in [0, 0.1) is 5.41 Å². The highest BCUT2D eigenvalue weighted by molar-refractivity contribution is 7.22. The van der Waals surface area contributed by atoms with Crippen LogP contribution in [0.5, 0.6) is 5.75 Å². The second-order valence-electron chi connectivity index (χ2n) is 14.3. The molecule has 13 heteroatoms. The van der Waals surface area contributed by atoms with Crippen molar-refractivity contribution in [2.75, 3.05) is 41.7 Å². The summed E-state index contributed by atoms with van der Waals surface area (Å²) >= 11 is 15.3. The highest BCUT2D eigenvalue weighted by atomic mass is 35.5. The van der Waals surface area contributed by atoms with Crippen molar-refractivity contribution in [3.63, 3.8) is 0 Å². The van der Waals surface area contributed by atoms with Gasteiger partial charge in [-0.3, -0.25) is 5.32 Å². The Bertz CT molecular complexity index is 2270. The third-order valence-electron chi connectivity index (χ3n) is 9.39. The van der Waals surface area contributed by atoms with Gasteiger partial charge >= 0.3 is 6.03 Å². The van der Waals surface area contributed by atoms with E-state index in [-0.39, 0.29) is 16.6 Å². The number of phenolic OH excluding ortho intramolecular Hbond substituents is 1. The zero-order valence-corrected chi connectivity index (χ0v) is 30.9. The first-order chi connectivity index (χ1) is 23.9. The van der Waals surface area contributed by atoms with Gasteiger partial charge in [-0.05, 0) is 91.5 Å². The number of para-hydroxylation sites is 2. The van der Waals surface area contributed by atoms with E-state index in [9.17, 15) is 9.90 Å². The lowest BCUT2D eigenvalue weighted by molar-refractivity contribution is 0.125. The second-order valence-corrected chi connectivity index (χ2v) is 17.1. The first-order valence-electron chi connectivity index (χ1n) is 16.5. The number of nitrogens with one attached hydrogen (secondary N) is 2. The van der Waals surface area contributed by atoms with Crippen LogP contribution in [0.15, 0.2) is 66.7 Å².